The van der Waals surface area contributed by atoms with E-state index >= 15 is 0 Å². The topological polar surface area (TPSA) is 38.9 Å². The highest BCUT2D eigenvalue weighted by Gasteiger charge is 2.09. The van der Waals surface area contributed by atoms with Crippen LogP contribution in [-0.2, 0) is 6.42 Å². The highest BCUT2D eigenvalue weighted by Crippen LogP contribution is 2.36. The molecule has 0 fully saturated rings. The highest BCUT2D eigenvalue weighted by atomic mass is 32.1. The largest absolute Gasteiger partial charge is 0.324 e. The van der Waals surface area contributed by atoms with Crippen LogP contribution in [-0.4, -0.2) is 4.98 Å². The Kier molecular flexibility index (Phi) is 12.6. The van der Waals surface area contributed by atoms with E-state index in [1.807, 2.05) is 66.8 Å². The van der Waals surface area contributed by atoms with Gasteiger partial charge in [0, 0.05) is 31.8 Å². The van der Waals surface area contributed by atoms with E-state index in [2.05, 4.69) is 146 Å². The molecule has 1 atom stereocenters. The van der Waals surface area contributed by atoms with Gasteiger partial charge in [-0.2, -0.15) is 0 Å². The molecule has 2 nitrogen and oxygen atoms in total. The van der Waals surface area contributed by atoms with Crippen LogP contribution in [0.15, 0.2) is 189 Å². The van der Waals surface area contributed by atoms with Crippen molar-refractivity contribution in [3.05, 3.63) is 205 Å². The van der Waals surface area contributed by atoms with Crippen LogP contribution in [0.1, 0.15) is 36.2 Å². The first-order valence-electron chi connectivity index (χ1n) is 17.5. The SMILES string of the molecule is C=C/C=C\C(=C/Cc1cccc(-c2cccc(C(N)C/C=C\C=C/C#CC)c2)c1)c1cccccccc(-c2ccc3c(c2)sc2ccccc23)n1. The van der Waals surface area contributed by atoms with Gasteiger partial charge in [-0.1, -0.05) is 158 Å². The monoisotopic (exact) mass is 690 g/mol. The zero-order valence-electron chi connectivity index (χ0n) is 29.5. The molecule has 52 heavy (non-hydrogen) atoms. The van der Waals surface area contributed by atoms with Crippen molar-refractivity contribution in [2.75, 3.05) is 0 Å². The molecule has 0 saturated carbocycles. The van der Waals surface area contributed by atoms with Crippen LogP contribution in [0, 0.1) is 11.8 Å². The molecule has 2 heterocycles. The number of thiophene rings is 1. The van der Waals surface area contributed by atoms with Crippen molar-refractivity contribution in [2.24, 2.45) is 5.73 Å². The van der Waals surface area contributed by atoms with E-state index in [0.717, 1.165) is 52.1 Å². The second-order valence-electron chi connectivity index (χ2n) is 12.3. The van der Waals surface area contributed by atoms with Crippen LogP contribution in [0.2, 0.25) is 0 Å². The van der Waals surface area contributed by atoms with E-state index < -0.39 is 0 Å². The van der Waals surface area contributed by atoms with Gasteiger partial charge in [0.15, 0.2) is 0 Å². The fourth-order valence-electron chi connectivity index (χ4n) is 6.01. The third-order valence-electron chi connectivity index (χ3n) is 8.67. The van der Waals surface area contributed by atoms with Gasteiger partial charge in [0.05, 0.1) is 11.4 Å². The summed E-state index contributed by atoms with van der Waals surface area (Å²) in [6.07, 6.45) is 17.5. The summed E-state index contributed by atoms with van der Waals surface area (Å²) in [5.41, 5.74) is 15.1. The standard InChI is InChI=1S/C49H42N2S/c1-3-5-7-8-10-13-26-45(50)41-24-19-23-40(35-41)39-22-18-20-37(34-39)30-31-38(21-6-4-2)46-27-14-11-9-12-15-28-47(51-46)42-32-33-44-43-25-16-17-29-48(43)52-49(44)36-42/h4,6-25,27-29,31-36,45H,2,26,30,50H2,1H3/b8-7-,11-9?,12-9?,13-10-,14-11?,15-12?,21-6-,27-14?,28-15?,38-31+,46-27?,47-28?,51-46?,51-47?. The molecule has 4 aromatic carbocycles. The van der Waals surface area contributed by atoms with Crippen LogP contribution >= 0.6 is 11.3 Å². The Hall–Kier alpha value is -6.05. The van der Waals surface area contributed by atoms with Crippen LogP contribution in [0.4, 0.5) is 0 Å². The lowest BCUT2D eigenvalue weighted by atomic mass is 9.96. The summed E-state index contributed by atoms with van der Waals surface area (Å²) in [4.78, 5) is 5.30. The molecule has 0 aliphatic heterocycles. The van der Waals surface area contributed by atoms with Crippen LogP contribution < -0.4 is 5.73 Å². The number of nitrogens with zero attached hydrogens (tertiary/aromatic N) is 1. The summed E-state index contributed by atoms with van der Waals surface area (Å²) >= 11 is 1.82. The molecule has 0 radical (unpaired) electrons. The van der Waals surface area contributed by atoms with Gasteiger partial charge in [-0.3, -0.25) is 0 Å². The second kappa shape index (κ2) is 18.3. The van der Waals surface area contributed by atoms with Gasteiger partial charge >= 0.3 is 0 Å². The van der Waals surface area contributed by atoms with Crippen molar-refractivity contribution >= 4 is 37.1 Å². The van der Waals surface area contributed by atoms with Crippen LogP contribution in [0.25, 0.3) is 48.1 Å². The number of rotatable bonds is 11. The maximum absolute atomic E-state index is 6.58. The van der Waals surface area contributed by atoms with Crippen LogP contribution in [0.3, 0.4) is 0 Å². The summed E-state index contributed by atoms with van der Waals surface area (Å²) in [5.74, 6) is 5.78. The number of hydrogen-bond donors (Lipinski definition) is 1. The van der Waals surface area contributed by atoms with Gasteiger partial charge in [0.1, 0.15) is 0 Å². The minimum Gasteiger partial charge on any atom is -0.324 e. The normalized spacial score (nSPS) is 12.3. The van der Waals surface area contributed by atoms with E-state index in [0.29, 0.717) is 0 Å². The lowest BCUT2D eigenvalue weighted by Gasteiger charge is -2.12. The summed E-state index contributed by atoms with van der Waals surface area (Å²) in [6, 6.07) is 46.8. The molecule has 6 aromatic rings. The molecule has 0 bridgehead atoms. The molecule has 0 spiro atoms. The molecule has 3 heteroatoms. The molecule has 254 valence electrons. The Balaban J connectivity index is 1.30. The van der Waals surface area contributed by atoms with Gasteiger partial charge in [-0.25, -0.2) is 4.98 Å². The Bertz CT molecular complexity index is 2430. The lowest BCUT2D eigenvalue weighted by molar-refractivity contribution is 0.741. The van der Waals surface area contributed by atoms with Gasteiger partial charge in [0.25, 0.3) is 0 Å². The molecule has 2 N–H and O–H groups in total. The molecule has 0 aliphatic rings. The van der Waals surface area contributed by atoms with Crippen molar-refractivity contribution in [3.63, 3.8) is 0 Å². The van der Waals surface area contributed by atoms with Gasteiger partial charge < -0.3 is 5.73 Å². The van der Waals surface area contributed by atoms with Gasteiger partial charge in [-0.05, 0) is 84.0 Å². The van der Waals surface area contributed by atoms with Crippen LogP contribution in [0.5, 0.6) is 0 Å². The van der Waals surface area contributed by atoms with Crippen molar-refractivity contribution in [2.45, 2.75) is 25.8 Å². The number of hydrogen-bond acceptors (Lipinski definition) is 3. The average molecular weight is 691 g/mol. The minimum atomic E-state index is -0.0885. The molecular weight excluding hydrogens is 649 g/mol. The Labute approximate surface area is 312 Å². The number of nitrogens with two attached hydrogens (primary N) is 1. The van der Waals surface area contributed by atoms with E-state index in [1.54, 1.807) is 6.08 Å². The zero-order chi connectivity index (χ0) is 36.0. The van der Waals surface area contributed by atoms with E-state index in [9.17, 15) is 0 Å². The maximum atomic E-state index is 6.58. The van der Waals surface area contributed by atoms with Crippen molar-refractivity contribution in [1.29, 1.82) is 0 Å². The van der Waals surface area contributed by atoms with E-state index in [1.165, 1.54) is 25.7 Å². The minimum absolute atomic E-state index is 0.0885. The van der Waals surface area contributed by atoms with Gasteiger partial charge in [-0.15, -0.1) is 17.3 Å². The number of benzene rings is 4. The fourth-order valence-corrected chi connectivity index (χ4v) is 7.15. The molecule has 0 aliphatic carbocycles. The highest BCUT2D eigenvalue weighted by molar-refractivity contribution is 7.25. The molecule has 2 aromatic heterocycles. The van der Waals surface area contributed by atoms with Crippen molar-refractivity contribution < 1.29 is 0 Å². The predicted molar refractivity (Wildman–Crippen MR) is 226 cm³/mol. The van der Waals surface area contributed by atoms with Crippen molar-refractivity contribution in [1.82, 2.24) is 4.98 Å². The predicted octanol–water partition coefficient (Wildman–Crippen LogP) is 12.8. The first kappa shape index (κ1) is 35.8. The maximum Gasteiger partial charge on any atom is 0.0710 e. The first-order chi connectivity index (χ1) is 25.6. The Morgan fingerprint density at radius 2 is 1.52 bits per heavy atom. The summed E-state index contributed by atoms with van der Waals surface area (Å²) < 4.78 is 2.55. The Morgan fingerprint density at radius 3 is 2.38 bits per heavy atom. The smallest absolute Gasteiger partial charge is 0.0710 e. The number of fused-ring (bicyclic) bond motifs is 3. The second-order valence-corrected chi connectivity index (χ2v) is 13.4. The quantitative estimate of drug-likeness (QED) is 0.109. The Morgan fingerprint density at radius 1 is 0.750 bits per heavy atom. The van der Waals surface area contributed by atoms with Gasteiger partial charge in [0.2, 0.25) is 0 Å². The molecular formula is C49H42N2S. The molecule has 1 unspecified atom stereocenters. The van der Waals surface area contributed by atoms with Crippen molar-refractivity contribution in [3.8, 4) is 34.2 Å². The lowest BCUT2D eigenvalue weighted by Crippen LogP contribution is -2.08. The molecule has 6 rings (SSSR count). The number of allylic oxidation sites excluding steroid dienone is 8. The summed E-state index contributed by atoms with van der Waals surface area (Å²) in [6.45, 7) is 5.77. The molecule has 0 amide bonds. The molecule has 0 saturated heterocycles. The fraction of sp³-hybridized carbons (Fsp3) is 0.0816. The third kappa shape index (κ3) is 9.38. The number of aromatic nitrogens is 1. The third-order valence-corrected chi connectivity index (χ3v) is 9.80. The van der Waals surface area contributed by atoms with E-state index in [4.69, 9.17) is 10.7 Å². The summed E-state index contributed by atoms with van der Waals surface area (Å²) in [5, 5.41) is 2.57. The zero-order valence-corrected chi connectivity index (χ0v) is 30.3. The average Bonchev–Trinajstić information content (AvgIpc) is 3.56. The van der Waals surface area contributed by atoms with E-state index in [-0.39, 0.29) is 6.04 Å². The first-order valence-corrected chi connectivity index (χ1v) is 18.3. The summed E-state index contributed by atoms with van der Waals surface area (Å²) in [7, 11) is 0.